The van der Waals surface area contributed by atoms with E-state index in [1.807, 2.05) is 6.92 Å². The number of aromatic nitrogens is 4. The van der Waals surface area contributed by atoms with Crippen LogP contribution in [0.15, 0.2) is 12.1 Å². The monoisotopic (exact) mass is 397 g/mol. The molecule has 0 aliphatic carbocycles. The highest BCUT2D eigenvalue weighted by atomic mass is 32.1. The normalized spacial score (nSPS) is 12.6. The van der Waals surface area contributed by atoms with Crippen LogP contribution in [-0.4, -0.2) is 25.5 Å². The summed E-state index contributed by atoms with van der Waals surface area (Å²) in [5, 5.41) is 6.76. The van der Waals surface area contributed by atoms with E-state index in [4.69, 9.17) is 0 Å². The van der Waals surface area contributed by atoms with E-state index in [1.165, 1.54) is 17.4 Å². The van der Waals surface area contributed by atoms with E-state index in [0.29, 0.717) is 9.65 Å². The Hall–Kier alpha value is -2.49. The summed E-state index contributed by atoms with van der Waals surface area (Å²) in [5.41, 5.74) is -0.723. The zero-order valence-electron chi connectivity index (χ0n) is 15.4. The minimum absolute atomic E-state index is 0.0357. The molecule has 3 aromatic rings. The van der Waals surface area contributed by atoms with E-state index in [9.17, 15) is 18.0 Å². The number of halogens is 3. The molecule has 1 N–H and O–H groups in total. The van der Waals surface area contributed by atoms with Crippen molar-refractivity contribution < 1.29 is 18.0 Å². The van der Waals surface area contributed by atoms with E-state index >= 15 is 0 Å². The lowest BCUT2D eigenvalue weighted by molar-refractivity contribution is -0.142. The highest BCUT2D eigenvalue weighted by Gasteiger charge is 2.36. The van der Waals surface area contributed by atoms with Crippen molar-refractivity contribution in [2.24, 2.45) is 0 Å². The Morgan fingerprint density at radius 1 is 1.15 bits per heavy atom. The molecule has 0 aliphatic rings. The minimum atomic E-state index is -4.63. The predicted molar refractivity (Wildman–Crippen MR) is 96.2 cm³/mol. The van der Waals surface area contributed by atoms with Gasteiger partial charge in [0.05, 0.1) is 11.4 Å². The van der Waals surface area contributed by atoms with Crippen LogP contribution in [0.3, 0.4) is 0 Å². The molecule has 0 aromatic carbocycles. The first-order valence-electron chi connectivity index (χ1n) is 8.10. The second kappa shape index (κ2) is 6.29. The van der Waals surface area contributed by atoms with Gasteiger partial charge in [-0.1, -0.05) is 20.8 Å². The van der Waals surface area contributed by atoms with E-state index in [1.54, 1.807) is 27.7 Å². The SMILES string of the molecule is Cc1nc(NC(=O)c2cc3nc(C(C)(C)C)cc(C(F)(F)F)n3n2)sc1C. The summed E-state index contributed by atoms with van der Waals surface area (Å²) in [7, 11) is 0. The van der Waals surface area contributed by atoms with Crippen LogP contribution in [0.4, 0.5) is 18.3 Å². The maximum atomic E-state index is 13.5. The number of alkyl halides is 3. The number of hydrogen-bond acceptors (Lipinski definition) is 5. The summed E-state index contributed by atoms with van der Waals surface area (Å²) < 4.78 is 41.1. The lowest BCUT2D eigenvalue weighted by Crippen LogP contribution is -2.20. The summed E-state index contributed by atoms with van der Waals surface area (Å²) >= 11 is 1.28. The van der Waals surface area contributed by atoms with Gasteiger partial charge < -0.3 is 0 Å². The molecular weight excluding hydrogens is 379 g/mol. The highest BCUT2D eigenvalue weighted by Crippen LogP contribution is 2.32. The first kappa shape index (κ1) is 19.3. The lowest BCUT2D eigenvalue weighted by Gasteiger charge is -2.19. The largest absolute Gasteiger partial charge is 0.433 e. The van der Waals surface area contributed by atoms with Crippen molar-refractivity contribution in [2.45, 2.75) is 46.2 Å². The third-order valence-corrected chi connectivity index (χ3v) is 4.96. The molecule has 0 unspecified atom stereocenters. The second-order valence-electron chi connectivity index (χ2n) is 7.19. The maximum Gasteiger partial charge on any atom is 0.433 e. The Labute approximate surface area is 157 Å². The molecule has 0 fully saturated rings. The fraction of sp³-hybridized carbons (Fsp3) is 0.412. The van der Waals surface area contributed by atoms with Gasteiger partial charge in [-0.2, -0.15) is 18.3 Å². The van der Waals surface area contributed by atoms with Crippen molar-refractivity contribution >= 4 is 28.0 Å². The number of nitrogens with zero attached hydrogens (tertiary/aromatic N) is 4. The molecular formula is C17H18F3N5OS. The van der Waals surface area contributed by atoms with Crippen LogP contribution in [0.5, 0.6) is 0 Å². The molecule has 0 bridgehead atoms. The summed E-state index contributed by atoms with van der Waals surface area (Å²) in [6.07, 6.45) is -4.63. The fourth-order valence-corrected chi connectivity index (χ4v) is 3.17. The minimum Gasteiger partial charge on any atom is -0.296 e. The van der Waals surface area contributed by atoms with Gasteiger partial charge in [0.2, 0.25) is 0 Å². The Morgan fingerprint density at radius 3 is 2.33 bits per heavy atom. The molecule has 3 heterocycles. The molecule has 0 atom stereocenters. The molecule has 1 amide bonds. The predicted octanol–water partition coefficient (Wildman–Crippen LogP) is 4.37. The Bertz CT molecular complexity index is 1010. The van der Waals surface area contributed by atoms with Gasteiger partial charge in [0.25, 0.3) is 5.91 Å². The topological polar surface area (TPSA) is 72.2 Å². The summed E-state index contributed by atoms with van der Waals surface area (Å²) in [6.45, 7) is 8.97. The van der Waals surface area contributed by atoms with Crippen LogP contribution in [0, 0.1) is 13.8 Å². The molecule has 3 aromatic heterocycles. The Kier molecular flexibility index (Phi) is 4.49. The third-order valence-electron chi connectivity index (χ3n) is 3.97. The molecule has 3 rings (SSSR count). The van der Waals surface area contributed by atoms with Gasteiger partial charge in [-0.3, -0.25) is 10.1 Å². The smallest absolute Gasteiger partial charge is 0.296 e. The quantitative estimate of drug-likeness (QED) is 0.697. The lowest BCUT2D eigenvalue weighted by atomic mass is 9.91. The molecule has 0 saturated carbocycles. The second-order valence-corrected chi connectivity index (χ2v) is 8.39. The van der Waals surface area contributed by atoms with Crippen molar-refractivity contribution in [2.75, 3.05) is 5.32 Å². The Balaban J connectivity index is 2.06. The number of carbonyl (C=O) groups is 1. The number of nitrogens with one attached hydrogen (secondary N) is 1. The van der Waals surface area contributed by atoms with Crippen LogP contribution in [0.25, 0.3) is 5.65 Å². The third kappa shape index (κ3) is 3.80. The molecule has 0 saturated heterocycles. The maximum absolute atomic E-state index is 13.5. The zero-order chi connectivity index (χ0) is 20.1. The number of thiazole rings is 1. The van der Waals surface area contributed by atoms with Gasteiger partial charge in [-0.15, -0.1) is 11.3 Å². The van der Waals surface area contributed by atoms with Gasteiger partial charge in [0, 0.05) is 16.4 Å². The number of anilines is 1. The number of rotatable bonds is 2. The number of hydrogen-bond donors (Lipinski definition) is 1. The molecule has 10 heteroatoms. The average molecular weight is 397 g/mol. The van der Waals surface area contributed by atoms with Gasteiger partial charge in [0.1, 0.15) is 5.69 Å². The first-order chi connectivity index (χ1) is 12.4. The molecule has 27 heavy (non-hydrogen) atoms. The van der Waals surface area contributed by atoms with Gasteiger partial charge in [-0.05, 0) is 19.9 Å². The Morgan fingerprint density at radius 2 is 1.81 bits per heavy atom. The zero-order valence-corrected chi connectivity index (χ0v) is 16.2. The molecule has 0 spiro atoms. The molecule has 0 aliphatic heterocycles. The standard InChI is InChI=1S/C17H18F3N5OS/c1-8-9(2)27-15(21-8)23-14(26)10-6-13-22-11(16(3,4)5)7-12(17(18,19)20)25(13)24-10/h6-7H,1-5H3,(H,21,23,26). The average Bonchev–Trinajstić information content (AvgIpc) is 3.07. The van der Waals surface area contributed by atoms with Crippen molar-refractivity contribution in [3.05, 3.63) is 39.8 Å². The van der Waals surface area contributed by atoms with Crippen LogP contribution in [0.1, 0.15) is 53.2 Å². The number of carbonyl (C=O) groups excluding carboxylic acids is 1. The first-order valence-corrected chi connectivity index (χ1v) is 8.92. The highest BCUT2D eigenvalue weighted by molar-refractivity contribution is 7.15. The molecule has 6 nitrogen and oxygen atoms in total. The molecule has 0 radical (unpaired) electrons. The van der Waals surface area contributed by atoms with Gasteiger partial charge in [0.15, 0.2) is 16.5 Å². The van der Waals surface area contributed by atoms with E-state index in [0.717, 1.165) is 16.6 Å². The van der Waals surface area contributed by atoms with Crippen LogP contribution >= 0.6 is 11.3 Å². The summed E-state index contributed by atoms with van der Waals surface area (Å²) in [6, 6.07) is 2.21. The van der Waals surface area contributed by atoms with E-state index in [2.05, 4.69) is 20.4 Å². The van der Waals surface area contributed by atoms with E-state index in [-0.39, 0.29) is 17.0 Å². The van der Waals surface area contributed by atoms with Crippen molar-refractivity contribution in [3.8, 4) is 0 Å². The van der Waals surface area contributed by atoms with Crippen molar-refractivity contribution in [1.82, 2.24) is 19.6 Å². The van der Waals surface area contributed by atoms with Crippen LogP contribution in [0.2, 0.25) is 0 Å². The number of aryl methyl sites for hydroxylation is 2. The van der Waals surface area contributed by atoms with Gasteiger partial charge >= 0.3 is 6.18 Å². The summed E-state index contributed by atoms with van der Waals surface area (Å²) in [4.78, 5) is 21.8. The van der Waals surface area contributed by atoms with Crippen LogP contribution < -0.4 is 5.32 Å². The van der Waals surface area contributed by atoms with Crippen molar-refractivity contribution in [1.29, 1.82) is 0 Å². The van der Waals surface area contributed by atoms with Crippen molar-refractivity contribution in [3.63, 3.8) is 0 Å². The van der Waals surface area contributed by atoms with Crippen LogP contribution in [-0.2, 0) is 11.6 Å². The fourth-order valence-electron chi connectivity index (χ4n) is 2.36. The number of amides is 1. The summed E-state index contributed by atoms with van der Waals surface area (Å²) in [5.74, 6) is -0.639. The number of fused-ring (bicyclic) bond motifs is 1. The van der Waals surface area contributed by atoms with E-state index < -0.39 is 23.2 Å². The molecule has 144 valence electrons. The van der Waals surface area contributed by atoms with Gasteiger partial charge in [-0.25, -0.2) is 14.5 Å².